The molecule has 0 aliphatic carbocycles. The summed E-state index contributed by atoms with van der Waals surface area (Å²) in [7, 11) is 0.936. The van der Waals surface area contributed by atoms with Crippen LogP contribution in [0.3, 0.4) is 0 Å². The molecule has 0 spiro atoms. The van der Waals surface area contributed by atoms with E-state index in [1.54, 1.807) is 30.5 Å². The second-order valence-electron chi connectivity index (χ2n) is 28.1. The zero-order valence-electron chi connectivity index (χ0n) is 65.1. The lowest BCUT2D eigenvalue weighted by atomic mass is 9.94. The summed E-state index contributed by atoms with van der Waals surface area (Å²) in [6.45, 7) is 5.75. The van der Waals surface area contributed by atoms with E-state index in [4.69, 9.17) is 21.9 Å². The number of benzene rings is 1. The van der Waals surface area contributed by atoms with Crippen molar-refractivity contribution in [2.75, 3.05) is 26.7 Å². The number of aromatic nitrogens is 1. The Morgan fingerprint density at radius 2 is 1.17 bits per heavy atom. The maximum atomic E-state index is 15.0. The summed E-state index contributed by atoms with van der Waals surface area (Å²) in [5, 5.41) is 77.4. The number of nitrogens with zero attached hydrogens (tertiary/aromatic N) is 1. The molecule has 115 heavy (non-hydrogen) atoms. The van der Waals surface area contributed by atoms with Crippen molar-refractivity contribution < 1.29 is 126 Å². The molecule has 1 aromatic carbocycles. The molecule has 1 aromatic heterocycles. The number of carboxylic acids is 4. The van der Waals surface area contributed by atoms with E-state index in [2.05, 4.69) is 59.8 Å². The molecule has 1 aliphatic heterocycles. The SMILES string of the molecule is CCCCCCCCCC(=O)NC(Cc1c[nH]c2ccccc12)C(=O)NC(CCC(=O)O)C(=O)NC(CC(N)=O)C(=O)NC1C(=O)N(C)CC(=O)NC(C)C(=O)NC(CC(=O)O)C(=O)NC(CCCCN)C(=O)NC(C(O)C(=O)O)C(=O)NCC(=O)NC(CC(N)=O)C(=O)NC(C(C)CC(=O)O)C(=O)NC(C(C)CC)C(=O)OC1C. The van der Waals surface area contributed by atoms with Crippen LogP contribution in [-0.4, -0.2) is 259 Å². The van der Waals surface area contributed by atoms with E-state index in [1.165, 1.54) is 13.8 Å². The van der Waals surface area contributed by atoms with Crippen molar-refractivity contribution in [2.24, 2.45) is 29.0 Å². The Kier molecular flexibility index (Phi) is 41.3. The minimum absolute atomic E-state index is 0.00438. The van der Waals surface area contributed by atoms with Gasteiger partial charge < -0.3 is 121 Å². The van der Waals surface area contributed by atoms with E-state index < -0.39 is 267 Å². The predicted octanol–water partition coefficient (Wildman–Crippen LogP) is -5.45. The van der Waals surface area contributed by atoms with Crippen LogP contribution in [0.1, 0.15) is 163 Å². The van der Waals surface area contributed by atoms with Crippen molar-refractivity contribution in [3.8, 4) is 0 Å². The second kappa shape index (κ2) is 48.9. The summed E-state index contributed by atoms with van der Waals surface area (Å²) in [6.07, 6.45) is -3.51. The van der Waals surface area contributed by atoms with Crippen molar-refractivity contribution in [3.63, 3.8) is 0 Å². The number of H-pyrrole nitrogens is 1. The van der Waals surface area contributed by atoms with Crippen molar-refractivity contribution in [2.45, 2.75) is 242 Å². The highest BCUT2D eigenvalue weighted by Crippen LogP contribution is 2.22. The summed E-state index contributed by atoms with van der Waals surface area (Å²) in [4.78, 5) is 277. The molecule has 638 valence electrons. The number of rotatable bonds is 37. The molecular weight excluding hydrogens is 1520 g/mol. The van der Waals surface area contributed by atoms with Crippen LogP contribution in [-0.2, 0) is 107 Å². The normalized spacial score (nSPS) is 21.9. The van der Waals surface area contributed by atoms with Crippen LogP contribution in [0.25, 0.3) is 10.9 Å². The lowest BCUT2D eigenvalue weighted by Gasteiger charge is -2.32. The molecule has 3 rings (SSSR count). The van der Waals surface area contributed by atoms with Crippen LogP contribution in [0.15, 0.2) is 30.5 Å². The Morgan fingerprint density at radius 1 is 0.583 bits per heavy atom. The number of likely N-dealkylation sites (N-methyl/N-ethyl adjacent to an activating group) is 1. The number of fused-ring (bicyclic) bond motifs is 1. The van der Waals surface area contributed by atoms with Crippen LogP contribution in [0.5, 0.6) is 0 Å². The number of primary amides is 2. The lowest BCUT2D eigenvalue weighted by Crippen LogP contribution is -2.62. The van der Waals surface area contributed by atoms with Crippen LogP contribution in [0, 0.1) is 11.8 Å². The number of carboxylic acid groups (broad SMARTS) is 4. The summed E-state index contributed by atoms with van der Waals surface area (Å²) in [6, 6.07) is -15.1. The van der Waals surface area contributed by atoms with Gasteiger partial charge in [0.2, 0.25) is 88.6 Å². The highest BCUT2D eigenvalue weighted by atomic mass is 16.5. The van der Waals surface area contributed by atoms with Crippen LogP contribution in [0.4, 0.5) is 0 Å². The number of unbranched alkanes of at least 4 members (excludes halogenated alkanes) is 7. The number of carbonyl (C=O) groups is 20. The quantitative estimate of drug-likeness (QED) is 0.0222. The maximum Gasteiger partial charge on any atom is 0.335 e. The number of para-hydroxylation sites is 1. The van der Waals surface area contributed by atoms with Crippen LogP contribution < -0.4 is 81.0 Å². The van der Waals surface area contributed by atoms with E-state index in [1.807, 2.05) is 16.0 Å². The first-order chi connectivity index (χ1) is 54.1. The fraction of sp³-hybridized carbons (Fsp3) is 0.611. The minimum Gasteiger partial charge on any atom is -0.481 e. The lowest BCUT2D eigenvalue weighted by molar-refractivity contribution is -0.159. The molecule has 1 aliphatic rings. The van der Waals surface area contributed by atoms with E-state index in [9.17, 15) is 121 Å². The predicted molar refractivity (Wildman–Crippen MR) is 402 cm³/mol. The Bertz CT molecular complexity index is 3820. The number of nitrogens with one attached hydrogen (secondary N) is 13. The molecule has 1 fully saturated rings. The number of aliphatic hydroxyl groups excluding tert-OH is 1. The third-order valence-electron chi connectivity index (χ3n) is 18.6. The number of carbonyl (C=O) groups excluding carboxylic acids is 16. The Morgan fingerprint density at radius 3 is 1.78 bits per heavy atom. The fourth-order valence-electron chi connectivity index (χ4n) is 11.9. The topological polar surface area (TPSA) is 693 Å². The molecule has 0 radical (unpaired) electrons. The van der Waals surface area contributed by atoms with Crippen molar-refractivity contribution >= 4 is 129 Å². The van der Waals surface area contributed by atoms with E-state index in [0.29, 0.717) is 34.2 Å². The molecule has 24 N–H and O–H groups in total. The molecule has 0 saturated carbocycles. The Balaban J connectivity index is 2.27. The third kappa shape index (κ3) is 33.7. The highest BCUT2D eigenvalue weighted by molar-refractivity contribution is 6.02. The van der Waals surface area contributed by atoms with Crippen molar-refractivity contribution in [1.29, 1.82) is 0 Å². The van der Waals surface area contributed by atoms with E-state index in [-0.39, 0.29) is 38.6 Å². The third-order valence-corrected chi connectivity index (χ3v) is 18.6. The number of amides is 15. The summed E-state index contributed by atoms with van der Waals surface area (Å²) >= 11 is 0. The Hall–Kier alpha value is -11.9. The minimum atomic E-state index is -2.83. The van der Waals surface area contributed by atoms with Gasteiger partial charge in [-0.2, -0.15) is 0 Å². The van der Waals surface area contributed by atoms with Crippen LogP contribution in [0.2, 0.25) is 0 Å². The number of cyclic esters (lactones) is 1. The summed E-state index contributed by atoms with van der Waals surface area (Å²) < 4.78 is 5.80. The second-order valence-corrected chi connectivity index (χ2v) is 28.1. The Labute approximate surface area is 660 Å². The zero-order chi connectivity index (χ0) is 86.5. The largest absolute Gasteiger partial charge is 0.481 e. The van der Waals surface area contributed by atoms with Crippen molar-refractivity contribution in [1.82, 2.24) is 73.7 Å². The molecule has 15 amide bonds. The maximum absolute atomic E-state index is 15.0. The molecule has 1 saturated heterocycles. The van der Waals surface area contributed by atoms with E-state index in [0.717, 1.165) is 59.9 Å². The number of hydrogen-bond acceptors (Lipinski definition) is 23. The summed E-state index contributed by atoms with van der Waals surface area (Å²) in [5.74, 6) is -30.4. The molecule has 0 bridgehead atoms. The molecule has 15 unspecified atom stereocenters. The van der Waals surface area contributed by atoms with Gasteiger partial charge in [0.25, 0.3) is 0 Å². The number of esters is 1. The fourth-order valence-corrected chi connectivity index (χ4v) is 11.9. The molecule has 2 aromatic rings. The first kappa shape index (κ1) is 97.3. The van der Waals surface area contributed by atoms with E-state index >= 15 is 0 Å². The number of aliphatic carboxylic acids is 4. The summed E-state index contributed by atoms with van der Waals surface area (Å²) in [5.41, 5.74) is 17.9. The smallest absolute Gasteiger partial charge is 0.335 e. The molecule has 43 heteroatoms. The number of aliphatic hydroxyl groups is 1. The number of nitrogens with two attached hydrogens (primary N) is 3. The number of hydrogen-bond donors (Lipinski definition) is 21. The highest BCUT2D eigenvalue weighted by Gasteiger charge is 2.43. The van der Waals surface area contributed by atoms with Crippen molar-refractivity contribution in [3.05, 3.63) is 36.0 Å². The molecule has 15 atom stereocenters. The van der Waals surface area contributed by atoms with Gasteiger partial charge in [0.15, 0.2) is 6.10 Å². The van der Waals surface area contributed by atoms with Crippen LogP contribution >= 0.6 is 0 Å². The van der Waals surface area contributed by atoms with Gasteiger partial charge in [0.05, 0.1) is 38.8 Å². The van der Waals surface area contributed by atoms with Gasteiger partial charge in [0.1, 0.15) is 72.6 Å². The van der Waals surface area contributed by atoms with Gasteiger partial charge in [-0.05, 0) is 76.0 Å². The monoisotopic (exact) mass is 1630 g/mol. The first-order valence-corrected chi connectivity index (χ1v) is 37.6. The number of aromatic amines is 1. The van der Waals surface area contributed by atoms with Gasteiger partial charge in [-0.15, -0.1) is 0 Å². The number of ether oxygens (including phenoxy) is 1. The average molecular weight is 1630 g/mol. The standard InChI is InChI=1S/C72H109N17O26/c1-8-10-11-12-13-14-15-23-50(92)79-44(28-39-32-76-41-21-17-16-20-40(39)41)64(105)82-43(24-25-53(95)96)62(103)84-46(30-49(75)91)67(108)87-58-38(6)115-72(114)57(35(3)9-2)86-69(110)56(36(4)27-54(97)98)85-66(107)45(29-48(74)90)80-51(93)33-77-68(109)59(60(101)71(112)113)88-63(104)42(22-18-19-26-73)81-65(106)47(31-55(99)100)83-61(102)37(5)78-52(94)34-89(7)70(58)111/h16-17,20-21,32,35-38,42-47,56-60,76,101H,8-15,18-19,22-31,33-34,73H2,1-7H3,(H2,74,90)(H2,75,91)(H,77,109)(H,78,94)(H,79,92)(H,80,93)(H,81,106)(H,82,105)(H,83,102)(H,84,103)(H,85,107)(H,86,110)(H,87,108)(H,88,104)(H,95,96)(H,97,98)(H,99,100)(H,112,113). The van der Waals surface area contributed by atoms with Gasteiger partial charge in [-0.25, -0.2) is 9.59 Å². The van der Waals surface area contributed by atoms with Gasteiger partial charge in [-0.3, -0.25) is 86.3 Å². The molecular formula is C72H109N17O26. The van der Waals surface area contributed by atoms with Gasteiger partial charge in [-0.1, -0.05) is 90.8 Å². The van der Waals surface area contributed by atoms with Gasteiger partial charge >= 0.3 is 29.8 Å². The molecule has 43 nitrogen and oxygen atoms in total. The first-order valence-electron chi connectivity index (χ1n) is 37.6. The zero-order valence-corrected chi connectivity index (χ0v) is 65.1. The van der Waals surface area contributed by atoms with Gasteiger partial charge in [0, 0.05) is 43.4 Å². The average Bonchev–Trinajstić information content (AvgIpc) is 1.35. The molecule has 2 heterocycles.